The van der Waals surface area contributed by atoms with Crippen LogP contribution in [0.4, 0.5) is 9.93 Å². The van der Waals surface area contributed by atoms with E-state index in [9.17, 15) is 4.79 Å². The second-order valence-corrected chi connectivity index (χ2v) is 6.66. The van der Waals surface area contributed by atoms with E-state index >= 15 is 0 Å². The molecule has 1 N–H and O–H groups in total. The Hall–Kier alpha value is -2.35. The van der Waals surface area contributed by atoms with Crippen molar-refractivity contribution in [3.05, 3.63) is 29.6 Å². The molecule has 1 aromatic carbocycles. The van der Waals surface area contributed by atoms with Crippen molar-refractivity contribution in [1.82, 2.24) is 14.3 Å². The van der Waals surface area contributed by atoms with E-state index in [4.69, 9.17) is 9.47 Å². The largest absolute Gasteiger partial charge is 0.497 e. The summed E-state index contributed by atoms with van der Waals surface area (Å²) < 4.78 is 15.3. The van der Waals surface area contributed by atoms with Gasteiger partial charge in [0.25, 0.3) is 0 Å². The maximum absolute atomic E-state index is 12.5. The Labute approximate surface area is 143 Å². The van der Waals surface area contributed by atoms with Gasteiger partial charge >= 0.3 is 6.03 Å². The molecule has 2 aliphatic rings. The smallest absolute Gasteiger partial charge is 0.324 e. The van der Waals surface area contributed by atoms with Gasteiger partial charge in [-0.1, -0.05) is 0 Å². The van der Waals surface area contributed by atoms with Gasteiger partial charge in [0.2, 0.25) is 5.13 Å². The van der Waals surface area contributed by atoms with Crippen molar-refractivity contribution in [1.29, 1.82) is 0 Å². The van der Waals surface area contributed by atoms with Crippen LogP contribution in [-0.2, 0) is 6.54 Å². The quantitative estimate of drug-likeness (QED) is 0.925. The highest BCUT2D eigenvalue weighted by molar-refractivity contribution is 7.09. The topological polar surface area (TPSA) is 76.6 Å². The summed E-state index contributed by atoms with van der Waals surface area (Å²) in [5.41, 5.74) is 0.958. The second kappa shape index (κ2) is 6.27. The number of nitrogens with zero attached hydrogens (tertiary/aromatic N) is 3. The van der Waals surface area contributed by atoms with Gasteiger partial charge in [0.1, 0.15) is 23.9 Å². The summed E-state index contributed by atoms with van der Waals surface area (Å²) >= 11 is 1.24. The third kappa shape index (κ3) is 3.14. The van der Waals surface area contributed by atoms with Gasteiger partial charge < -0.3 is 14.4 Å². The molecule has 7 nitrogen and oxygen atoms in total. The van der Waals surface area contributed by atoms with Crippen LogP contribution in [0.2, 0.25) is 0 Å². The van der Waals surface area contributed by atoms with Crippen molar-refractivity contribution < 1.29 is 14.3 Å². The molecule has 0 bridgehead atoms. The number of aromatic nitrogens is 2. The molecule has 1 aliphatic carbocycles. The molecule has 4 rings (SSSR count). The molecule has 0 atom stereocenters. The van der Waals surface area contributed by atoms with Crippen LogP contribution in [0.15, 0.2) is 18.2 Å². The first kappa shape index (κ1) is 15.2. The summed E-state index contributed by atoms with van der Waals surface area (Å²) in [4.78, 5) is 18.6. The summed E-state index contributed by atoms with van der Waals surface area (Å²) in [5.74, 6) is 2.84. The van der Waals surface area contributed by atoms with Crippen LogP contribution < -0.4 is 14.8 Å². The van der Waals surface area contributed by atoms with Gasteiger partial charge in [0.05, 0.1) is 20.2 Å². The highest BCUT2D eigenvalue weighted by atomic mass is 32.1. The van der Waals surface area contributed by atoms with Crippen molar-refractivity contribution in [2.75, 3.05) is 25.6 Å². The first-order chi connectivity index (χ1) is 11.7. The Morgan fingerprint density at radius 3 is 3.12 bits per heavy atom. The Kier molecular flexibility index (Phi) is 3.97. The number of nitrogens with one attached hydrogen (secondary N) is 1. The van der Waals surface area contributed by atoms with Gasteiger partial charge in [-0.15, -0.1) is 0 Å². The molecule has 1 aliphatic heterocycles. The standard InChI is InChI=1S/C16H18N4O3S/c1-22-12-5-4-11-9-20(6-7-23-13(11)8-12)16(21)18-15-17-14(19-24-15)10-2-3-10/h4-5,8,10H,2-3,6-7,9H2,1H3,(H,17,18,19,21). The van der Waals surface area contributed by atoms with Gasteiger partial charge in [0, 0.05) is 29.1 Å². The van der Waals surface area contributed by atoms with Crippen LogP contribution in [0, 0.1) is 0 Å². The highest BCUT2D eigenvalue weighted by Crippen LogP contribution is 2.39. The maximum atomic E-state index is 12.5. The Morgan fingerprint density at radius 2 is 2.33 bits per heavy atom. The second-order valence-electron chi connectivity index (χ2n) is 5.91. The number of anilines is 1. The normalized spacial score (nSPS) is 16.8. The number of methoxy groups -OCH3 is 1. The number of fused-ring (bicyclic) bond motifs is 1. The van der Waals surface area contributed by atoms with E-state index in [1.165, 1.54) is 11.5 Å². The van der Waals surface area contributed by atoms with E-state index in [1.807, 2.05) is 18.2 Å². The number of carbonyl (C=O) groups is 1. The van der Waals surface area contributed by atoms with Crippen molar-refractivity contribution in [3.63, 3.8) is 0 Å². The Balaban J connectivity index is 1.45. The molecule has 2 aromatic rings. The Bertz CT molecular complexity index is 760. The lowest BCUT2D eigenvalue weighted by Gasteiger charge is -2.19. The molecule has 1 fully saturated rings. The fourth-order valence-corrected chi connectivity index (χ4v) is 3.25. The summed E-state index contributed by atoms with van der Waals surface area (Å²) in [6.07, 6.45) is 2.29. The predicted octanol–water partition coefficient (Wildman–Crippen LogP) is 2.85. The summed E-state index contributed by atoms with van der Waals surface area (Å²) in [5, 5.41) is 3.40. The lowest BCUT2D eigenvalue weighted by atomic mass is 10.2. The number of ether oxygens (including phenoxy) is 2. The molecule has 8 heteroatoms. The molecule has 1 saturated carbocycles. The van der Waals surface area contributed by atoms with Crippen LogP contribution in [0.25, 0.3) is 0 Å². The number of benzene rings is 1. The minimum atomic E-state index is -0.180. The fraction of sp³-hybridized carbons (Fsp3) is 0.438. The SMILES string of the molecule is COc1ccc2c(c1)OCCN(C(=O)Nc1nc(C3CC3)ns1)C2. The van der Waals surface area contributed by atoms with E-state index in [1.54, 1.807) is 12.0 Å². The number of urea groups is 1. The molecule has 2 heterocycles. The van der Waals surface area contributed by atoms with Gasteiger partial charge in [-0.25, -0.2) is 9.78 Å². The van der Waals surface area contributed by atoms with Crippen molar-refractivity contribution >= 4 is 22.7 Å². The molecule has 1 aromatic heterocycles. The van der Waals surface area contributed by atoms with Crippen LogP contribution in [0.5, 0.6) is 11.5 Å². The average Bonchev–Trinajstić information content (AvgIpc) is 3.38. The van der Waals surface area contributed by atoms with Crippen LogP contribution in [-0.4, -0.2) is 40.5 Å². The van der Waals surface area contributed by atoms with Crippen molar-refractivity contribution in [2.45, 2.75) is 25.3 Å². The lowest BCUT2D eigenvalue weighted by Crippen LogP contribution is -2.36. The zero-order chi connectivity index (χ0) is 16.5. The fourth-order valence-electron chi connectivity index (χ4n) is 2.61. The van der Waals surface area contributed by atoms with E-state index in [0.717, 1.165) is 35.7 Å². The van der Waals surface area contributed by atoms with Crippen molar-refractivity contribution in [3.8, 4) is 11.5 Å². The number of carbonyl (C=O) groups excluding carboxylic acids is 1. The van der Waals surface area contributed by atoms with E-state index < -0.39 is 0 Å². The summed E-state index contributed by atoms with van der Waals surface area (Å²) in [7, 11) is 1.62. The lowest BCUT2D eigenvalue weighted by molar-refractivity contribution is 0.200. The van der Waals surface area contributed by atoms with Gasteiger partial charge in [0.15, 0.2) is 0 Å². The highest BCUT2D eigenvalue weighted by Gasteiger charge is 2.28. The maximum Gasteiger partial charge on any atom is 0.324 e. The zero-order valence-corrected chi connectivity index (χ0v) is 14.1. The number of rotatable bonds is 3. The summed E-state index contributed by atoms with van der Waals surface area (Å²) in [6.45, 7) is 1.44. The molecule has 0 saturated heterocycles. The van der Waals surface area contributed by atoms with Crippen LogP contribution >= 0.6 is 11.5 Å². The minimum absolute atomic E-state index is 0.180. The molecule has 0 unspecified atom stereocenters. The number of hydrogen-bond acceptors (Lipinski definition) is 6. The van der Waals surface area contributed by atoms with E-state index in [-0.39, 0.29) is 6.03 Å². The monoisotopic (exact) mass is 346 g/mol. The molecule has 0 spiro atoms. The third-order valence-electron chi connectivity index (χ3n) is 4.14. The average molecular weight is 346 g/mol. The number of hydrogen-bond donors (Lipinski definition) is 1. The zero-order valence-electron chi connectivity index (χ0n) is 13.3. The molecule has 2 amide bonds. The van der Waals surface area contributed by atoms with E-state index in [0.29, 0.717) is 30.7 Å². The van der Waals surface area contributed by atoms with Gasteiger partial charge in [-0.3, -0.25) is 5.32 Å². The van der Waals surface area contributed by atoms with Gasteiger partial charge in [-0.2, -0.15) is 4.37 Å². The first-order valence-electron chi connectivity index (χ1n) is 7.92. The van der Waals surface area contributed by atoms with E-state index in [2.05, 4.69) is 14.7 Å². The predicted molar refractivity (Wildman–Crippen MR) is 89.8 cm³/mol. The number of amides is 2. The Morgan fingerprint density at radius 1 is 1.46 bits per heavy atom. The van der Waals surface area contributed by atoms with Crippen LogP contribution in [0.1, 0.15) is 30.1 Å². The third-order valence-corrected chi connectivity index (χ3v) is 4.78. The molecule has 0 radical (unpaired) electrons. The molecular weight excluding hydrogens is 328 g/mol. The van der Waals surface area contributed by atoms with Crippen LogP contribution in [0.3, 0.4) is 0 Å². The minimum Gasteiger partial charge on any atom is -0.497 e. The molecule has 24 heavy (non-hydrogen) atoms. The molecule has 126 valence electrons. The first-order valence-corrected chi connectivity index (χ1v) is 8.69. The summed E-state index contributed by atoms with van der Waals surface area (Å²) in [6, 6.07) is 5.47. The van der Waals surface area contributed by atoms with Gasteiger partial charge in [-0.05, 0) is 25.0 Å². The van der Waals surface area contributed by atoms with Crippen molar-refractivity contribution in [2.24, 2.45) is 0 Å². The molecular formula is C16H18N4O3S.